The molecule has 3 aromatic rings. The summed E-state index contributed by atoms with van der Waals surface area (Å²) >= 11 is 6.24. The maximum Gasteiger partial charge on any atom is 0.0457 e. The molecule has 1 saturated heterocycles. The highest BCUT2D eigenvalue weighted by atomic mass is 35.5. The Morgan fingerprint density at radius 3 is 2.56 bits per heavy atom. The standard InChI is InChI=1S/C26H32ClN3.2ClH/c27-22-9-10-25-23(18-22)24(19-28-25)20-11-16-29(17-12-20)13-3-4-14-30-15-5-7-21-6-1-2-8-26(21)30;;/h1-2,6,8-10,18-20,28H,3-5,7,11-17H2;2*1H. The molecule has 2 aromatic carbocycles. The van der Waals surface area contributed by atoms with Crippen molar-refractivity contribution in [3.63, 3.8) is 0 Å². The molecular weight excluding hydrogens is 461 g/mol. The van der Waals surface area contributed by atoms with Crippen LogP contribution in [-0.4, -0.2) is 42.6 Å². The molecule has 32 heavy (non-hydrogen) atoms. The molecule has 3 nitrogen and oxygen atoms in total. The quantitative estimate of drug-likeness (QED) is 0.370. The molecule has 0 radical (unpaired) electrons. The number of hydrogen-bond donors (Lipinski definition) is 1. The molecule has 6 heteroatoms. The number of H-pyrrole nitrogens is 1. The highest BCUT2D eigenvalue weighted by Gasteiger charge is 2.23. The lowest BCUT2D eigenvalue weighted by molar-refractivity contribution is 0.209. The molecule has 5 rings (SSSR count). The smallest absolute Gasteiger partial charge is 0.0457 e. The van der Waals surface area contributed by atoms with Gasteiger partial charge in [-0.1, -0.05) is 29.8 Å². The van der Waals surface area contributed by atoms with Crippen LogP contribution in [0.15, 0.2) is 48.7 Å². The molecule has 0 bridgehead atoms. The van der Waals surface area contributed by atoms with Crippen LogP contribution in [0.5, 0.6) is 0 Å². The number of benzene rings is 2. The Bertz CT molecular complexity index is 995. The van der Waals surface area contributed by atoms with Gasteiger partial charge in [-0.15, -0.1) is 24.8 Å². The van der Waals surface area contributed by atoms with Crippen molar-refractivity contribution in [3.8, 4) is 0 Å². The van der Waals surface area contributed by atoms with Gasteiger partial charge in [-0.05, 0) is 99.5 Å². The first-order chi connectivity index (χ1) is 14.8. The minimum Gasteiger partial charge on any atom is -0.371 e. The van der Waals surface area contributed by atoms with E-state index in [9.17, 15) is 0 Å². The number of nitrogens with zero attached hydrogens (tertiary/aromatic N) is 2. The topological polar surface area (TPSA) is 22.3 Å². The molecule has 1 fully saturated rings. The Kier molecular flexibility index (Phi) is 9.19. The predicted octanol–water partition coefficient (Wildman–Crippen LogP) is 7.08. The summed E-state index contributed by atoms with van der Waals surface area (Å²) < 4.78 is 0. The van der Waals surface area contributed by atoms with Crippen molar-refractivity contribution in [2.75, 3.05) is 37.6 Å². The average molecular weight is 495 g/mol. The maximum atomic E-state index is 6.24. The number of rotatable bonds is 6. The van der Waals surface area contributed by atoms with Gasteiger partial charge in [-0.2, -0.15) is 0 Å². The Hall–Kier alpha value is -1.39. The Balaban J connectivity index is 0.00000144. The number of halogens is 3. The lowest BCUT2D eigenvalue weighted by Crippen LogP contribution is -2.34. The van der Waals surface area contributed by atoms with Crippen LogP contribution in [0.4, 0.5) is 5.69 Å². The molecule has 2 aliphatic heterocycles. The van der Waals surface area contributed by atoms with E-state index < -0.39 is 0 Å². The van der Waals surface area contributed by atoms with Crippen LogP contribution in [0.3, 0.4) is 0 Å². The monoisotopic (exact) mass is 493 g/mol. The Labute approximate surface area is 209 Å². The van der Waals surface area contributed by atoms with Gasteiger partial charge in [0.15, 0.2) is 0 Å². The van der Waals surface area contributed by atoms with Crippen molar-refractivity contribution in [2.45, 2.75) is 44.4 Å². The largest absolute Gasteiger partial charge is 0.371 e. The predicted molar refractivity (Wildman–Crippen MR) is 142 cm³/mol. The fourth-order valence-electron chi connectivity index (χ4n) is 5.40. The average Bonchev–Trinajstić information content (AvgIpc) is 3.20. The minimum atomic E-state index is 0. The van der Waals surface area contributed by atoms with Crippen molar-refractivity contribution in [3.05, 3.63) is 64.8 Å². The van der Waals surface area contributed by atoms with Crippen LogP contribution in [-0.2, 0) is 6.42 Å². The van der Waals surface area contributed by atoms with Crippen LogP contribution in [0.1, 0.15) is 49.1 Å². The van der Waals surface area contributed by atoms with Gasteiger partial charge in [0.05, 0.1) is 0 Å². The minimum absolute atomic E-state index is 0. The summed E-state index contributed by atoms with van der Waals surface area (Å²) in [6, 6.07) is 15.1. The zero-order chi connectivity index (χ0) is 20.3. The SMILES string of the molecule is Cl.Cl.Clc1ccc2[nH]cc(C3CCN(CCCCN4CCCc5ccccc54)CC3)c2c1. The molecular formula is C26H34Cl3N3. The van der Waals surface area contributed by atoms with Crippen molar-refractivity contribution in [2.24, 2.45) is 0 Å². The molecule has 1 N–H and O–H groups in total. The fourth-order valence-corrected chi connectivity index (χ4v) is 5.57. The Morgan fingerprint density at radius 1 is 0.938 bits per heavy atom. The first-order valence-electron chi connectivity index (χ1n) is 11.6. The van der Waals surface area contributed by atoms with Crippen LogP contribution in [0.2, 0.25) is 5.02 Å². The van der Waals surface area contributed by atoms with Gasteiger partial charge >= 0.3 is 0 Å². The van der Waals surface area contributed by atoms with Crippen LogP contribution >= 0.6 is 36.4 Å². The molecule has 0 aliphatic carbocycles. The molecule has 2 aliphatic rings. The van der Waals surface area contributed by atoms with E-state index in [-0.39, 0.29) is 24.8 Å². The molecule has 3 heterocycles. The number of unbranched alkanes of at least 4 members (excludes halogenated alkanes) is 1. The van der Waals surface area contributed by atoms with Gasteiger partial charge in [-0.3, -0.25) is 0 Å². The lowest BCUT2D eigenvalue weighted by atomic mass is 9.89. The third-order valence-corrected chi connectivity index (χ3v) is 7.30. The van der Waals surface area contributed by atoms with Gasteiger partial charge in [0.25, 0.3) is 0 Å². The summed E-state index contributed by atoms with van der Waals surface area (Å²) in [5, 5.41) is 2.14. The molecule has 0 atom stereocenters. The number of fused-ring (bicyclic) bond motifs is 2. The first-order valence-corrected chi connectivity index (χ1v) is 12.0. The molecule has 174 valence electrons. The van der Waals surface area contributed by atoms with Crippen molar-refractivity contribution in [1.29, 1.82) is 0 Å². The van der Waals surface area contributed by atoms with E-state index in [0.29, 0.717) is 5.92 Å². The van der Waals surface area contributed by atoms with E-state index in [0.717, 1.165) is 5.02 Å². The summed E-state index contributed by atoms with van der Waals surface area (Å²) in [5.41, 5.74) is 5.67. The number of nitrogens with one attached hydrogen (secondary N) is 1. The van der Waals surface area contributed by atoms with Gasteiger partial charge in [0, 0.05) is 40.9 Å². The van der Waals surface area contributed by atoms with Crippen LogP contribution in [0, 0.1) is 0 Å². The van der Waals surface area contributed by atoms with Gasteiger partial charge in [0.1, 0.15) is 0 Å². The fraction of sp³-hybridized carbons (Fsp3) is 0.462. The zero-order valence-electron chi connectivity index (χ0n) is 18.6. The summed E-state index contributed by atoms with van der Waals surface area (Å²) in [5.74, 6) is 0.651. The third kappa shape index (κ3) is 5.56. The summed E-state index contributed by atoms with van der Waals surface area (Å²) in [6.45, 7) is 6.08. The number of aromatic nitrogens is 1. The zero-order valence-corrected chi connectivity index (χ0v) is 21.0. The number of para-hydroxylation sites is 1. The summed E-state index contributed by atoms with van der Waals surface area (Å²) in [7, 11) is 0. The van der Waals surface area contributed by atoms with Gasteiger partial charge in [-0.25, -0.2) is 0 Å². The van der Waals surface area contributed by atoms with Crippen LogP contribution in [0.25, 0.3) is 10.9 Å². The number of aryl methyl sites for hydroxylation is 1. The van der Waals surface area contributed by atoms with Crippen molar-refractivity contribution < 1.29 is 0 Å². The number of likely N-dealkylation sites (tertiary alicyclic amines) is 1. The molecule has 0 unspecified atom stereocenters. The van der Waals surface area contributed by atoms with E-state index >= 15 is 0 Å². The van der Waals surface area contributed by atoms with Crippen LogP contribution < -0.4 is 4.90 Å². The normalized spacial score (nSPS) is 17.0. The number of hydrogen-bond acceptors (Lipinski definition) is 2. The van der Waals surface area contributed by atoms with Crippen molar-refractivity contribution in [1.82, 2.24) is 9.88 Å². The second-order valence-corrected chi connectivity index (χ2v) is 9.41. The summed E-state index contributed by atoms with van der Waals surface area (Å²) in [6.07, 6.45) is 9.82. The second-order valence-electron chi connectivity index (χ2n) is 8.98. The van der Waals surface area contributed by atoms with E-state index in [1.165, 1.54) is 99.0 Å². The number of anilines is 1. The first kappa shape index (κ1) is 25.2. The molecule has 1 aromatic heterocycles. The highest BCUT2D eigenvalue weighted by molar-refractivity contribution is 6.31. The number of piperidine rings is 1. The lowest BCUT2D eigenvalue weighted by Gasteiger charge is -2.33. The highest BCUT2D eigenvalue weighted by Crippen LogP contribution is 2.34. The maximum absolute atomic E-state index is 6.24. The van der Waals surface area contributed by atoms with E-state index in [2.05, 4.69) is 57.4 Å². The molecule has 0 spiro atoms. The second kappa shape index (κ2) is 11.7. The van der Waals surface area contributed by atoms with E-state index in [1.807, 2.05) is 6.07 Å². The van der Waals surface area contributed by atoms with E-state index in [1.54, 1.807) is 0 Å². The van der Waals surface area contributed by atoms with Gasteiger partial charge in [0.2, 0.25) is 0 Å². The molecule has 0 saturated carbocycles. The Morgan fingerprint density at radius 2 is 1.72 bits per heavy atom. The van der Waals surface area contributed by atoms with E-state index in [4.69, 9.17) is 11.6 Å². The van der Waals surface area contributed by atoms with Crippen molar-refractivity contribution >= 4 is 53.0 Å². The third-order valence-electron chi connectivity index (χ3n) is 7.06. The van der Waals surface area contributed by atoms with Gasteiger partial charge < -0.3 is 14.8 Å². The number of aromatic amines is 1. The molecule has 0 amide bonds. The summed E-state index contributed by atoms with van der Waals surface area (Å²) in [4.78, 5) is 8.70.